The third-order valence-corrected chi connectivity index (χ3v) is 6.01. The molecule has 0 spiro atoms. The standard InChI is InChI=1S/C24H38N4O3/c1-7-25-21(28-19-18-13-15-30-20(18)24(19,5)6)26-14-12-16-8-10-17(11-9-16)27-22(29)31-23(2,3)4/h8-11,18-20H,7,12-15H2,1-6H3,(H,27,29)(H2,25,26,28). The maximum absolute atomic E-state index is 11.9. The average molecular weight is 431 g/mol. The predicted octanol–water partition coefficient (Wildman–Crippen LogP) is 3.94. The summed E-state index contributed by atoms with van der Waals surface area (Å²) in [6, 6.07) is 8.19. The molecule has 1 aliphatic heterocycles. The Bertz CT molecular complexity index is 783. The van der Waals surface area contributed by atoms with Crippen LogP contribution in [0.3, 0.4) is 0 Å². The molecule has 3 unspecified atom stereocenters. The Hall–Kier alpha value is -2.28. The van der Waals surface area contributed by atoms with E-state index in [-0.39, 0.29) is 5.41 Å². The molecule has 2 aliphatic rings. The van der Waals surface area contributed by atoms with Gasteiger partial charge in [0.1, 0.15) is 5.60 Å². The highest BCUT2D eigenvalue weighted by atomic mass is 16.6. The number of guanidine groups is 1. The Kier molecular flexibility index (Phi) is 7.14. The van der Waals surface area contributed by atoms with Crippen molar-refractivity contribution in [1.82, 2.24) is 10.6 Å². The highest BCUT2D eigenvalue weighted by Crippen LogP contribution is 2.52. The molecule has 172 valence electrons. The van der Waals surface area contributed by atoms with Gasteiger partial charge in [-0.2, -0.15) is 0 Å². The number of aliphatic imine (C=N–C) groups is 1. The van der Waals surface area contributed by atoms with Crippen molar-refractivity contribution in [1.29, 1.82) is 0 Å². The molecule has 0 aromatic heterocycles. The molecule has 1 heterocycles. The van der Waals surface area contributed by atoms with E-state index in [1.807, 2.05) is 45.0 Å². The second-order valence-corrected chi connectivity index (χ2v) is 10.0. The molecule has 0 radical (unpaired) electrons. The number of ether oxygens (including phenoxy) is 2. The SMILES string of the molecule is CCNC(=NCCc1ccc(NC(=O)OC(C)(C)C)cc1)NC1C2CCOC2C1(C)C. The van der Waals surface area contributed by atoms with Gasteiger partial charge in [0, 0.05) is 42.8 Å². The molecule has 7 heteroatoms. The molecule has 3 atom stereocenters. The fraction of sp³-hybridized carbons (Fsp3) is 0.667. The summed E-state index contributed by atoms with van der Waals surface area (Å²) < 4.78 is 11.2. The zero-order valence-corrected chi connectivity index (χ0v) is 19.7. The second kappa shape index (κ2) is 9.47. The summed E-state index contributed by atoms with van der Waals surface area (Å²) in [4.78, 5) is 16.7. The van der Waals surface area contributed by atoms with Crippen molar-refractivity contribution >= 4 is 17.7 Å². The molecule has 1 aromatic carbocycles. The van der Waals surface area contributed by atoms with Crippen LogP contribution in [-0.4, -0.2) is 49.5 Å². The minimum absolute atomic E-state index is 0.119. The first-order valence-corrected chi connectivity index (χ1v) is 11.4. The van der Waals surface area contributed by atoms with Gasteiger partial charge < -0.3 is 20.1 Å². The van der Waals surface area contributed by atoms with Crippen LogP contribution in [0.15, 0.2) is 29.3 Å². The van der Waals surface area contributed by atoms with Crippen LogP contribution in [-0.2, 0) is 15.9 Å². The van der Waals surface area contributed by atoms with Gasteiger partial charge in [-0.15, -0.1) is 0 Å². The van der Waals surface area contributed by atoms with Crippen LogP contribution in [0, 0.1) is 11.3 Å². The van der Waals surface area contributed by atoms with Crippen LogP contribution in [0.5, 0.6) is 0 Å². The lowest BCUT2D eigenvalue weighted by Crippen LogP contribution is -2.68. The first-order valence-electron chi connectivity index (χ1n) is 11.4. The number of rotatable bonds is 6. The lowest BCUT2D eigenvalue weighted by atomic mass is 9.57. The van der Waals surface area contributed by atoms with Crippen molar-refractivity contribution in [3.05, 3.63) is 29.8 Å². The van der Waals surface area contributed by atoms with E-state index in [0.717, 1.165) is 37.6 Å². The molecule has 1 aromatic rings. The fourth-order valence-electron chi connectivity index (χ4n) is 4.56. The van der Waals surface area contributed by atoms with E-state index in [1.165, 1.54) is 5.56 Å². The topological polar surface area (TPSA) is 84.0 Å². The summed E-state index contributed by atoms with van der Waals surface area (Å²) in [6.07, 6.45) is 1.86. The third kappa shape index (κ3) is 5.91. The summed E-state index contributed by atoms with van der Waals surface area (Å²) in [6.45, 7) is 14.5. The van der Waals surface area contributed by atoms with Gasteiger partial charge >= 0.3 is 6.09 Å². The normalized spacial score (nSPS) is 24.7. The molecule has 1 amide bonds. The molecule has 3 rings (SSSR count). The van der Waals surface area contributed by atoms with Crippen LogP contribution < -0.4 is 16.0 Å². The van der Waals surface area contributed by atoms with Gasteiger partial charge in [0.15, 0.2) is 5.96 Å². The van der Waals surface area contributed by atoms with Gasteiger partial charge in [-0.05, 0) is 58.2 Å². The number of fused-ring (bicyclic) bond motifs is 1. The number of benzene rings is 1. The van der Waals surface area contributed by atoms with E-state index in [2.05, 4.69) is 36.7 Å². The number of hydrogen-bond donors (Lipinski definition) is 3. The van der Waals surface area contributed by atoms with Gasteiger partial charge in [0.25, 0.3) is 0 Å². The van der Waals surface area contributed by atoms with Crippen LogP contribution >= 0.6 is 0 Å². The first-order chi connectivity index (χ1) is 14.6. The molecule has 1 aliphatic carbocycles. The first kappa shape index (κ1) is 23.4. The summed E-state index contributed by atoms with van der Waals surface area (Å²) in [5.41, 5.74) is 1.49. The fourth-order valence-corrected chi connectivity index (χ4v) is 4.56. The van der Waals surface area contributed by atoms with Crippen LogP contribution in [0.4, 0.5) is 10.5 Å². The molecule has 3 N–H and O–H groups in total. The summed E-state index contributed by atoms with van der Waals surface area (Å²) in [5.74, 6) is 1.44. The molecule has 7 nitrogen and oxygen atoms in total. The Morgan fingerprint density at radius 2 is 1.97 bits per heavy atom. The molecule has 1 saturated heterocycles. The average Bonchev–Trinajstić information content (AvgIpc) is 3.13. The van der Waals surface area contributed by atoms with E-state index < -0.39 is 11.7 Å². The van der Waals surface area contributed by atoms with Crippen molar-refractivity contribution in [3.63, 3.8) is 0 Å². The smallest absolute Gasteiger partial charge is 0.412 e. The van der Waals surface area contributed by atoms with Gasteiger partial charge in [0.05, 0.1) is 6.10 Å². The van der Waals surface area contributed by atoms with Crippen LogP contribution in [0.2, 0.25) is 0 Å². The monoisotopic (exact) mass is 430 g/mol. The highest BCUT2D eigenvalue weighted by Gasteiger charge is 2.59. The van der Waals surface area contributed by atoms with Crippen molar-refractivity contribution in [2.75, 3.05) is 25.0 Å². The molecular formula is C24H38N4O3. The van der Waals surface area contributed by atoms with E-state index >= 15 is 0 Å². The number of nitrogens with zero attached hydrogens (tertiary/aromatic N) is 1. The molecule has 1 saturated carbocycles. The highest BCUT2D eigenvalue weighted by molar-refractivity contribution is 5.84. The zero-order chi connectivity index (χ0) is 22.6. The van der Waals surface area contributed by atoms with E-state index in [0.29, 0.717) is 24.6 Å². The van der Waals surface area contributed by atoms with Gasteiger partial charge in [-0.25, -0.2) is 4.79 Å². The molecule has 0 bridgehead atoms. The Labute approximate surface area is 186 Å². The van der Waals surface area contributed by atoms with Crippen molar-refractivity contribution < 1.29 is 14.3 Å². The molecule has 31 heavy (non-hydrogen) atoms. The van der Waals surface area contributed by atoms with Crippen LogP contribution in [0.1, 0.15) is 53.5 Å². The Morgan fingerprint density at radius 1 is 1.26 bits per heavy atom. The van der Waals surface area contributed by atoms with E-state index in [4.69, 9.17) is 14.5 Å². The van der Waals surface area contributed by atoms with Gasteiger partial charge in [-0.1, -0.05) is 26.0 Å². The Morgan fingerprint density at radius 3 is 2.61 bits per heavy atom. The minimum atomic E-state index is -0.513. The second-order valence-electron chi connectivity index (χ2n) is 10.0. The number of amides is 1. The largest absolute Gasteiger partial charge is 0.444 e. The summed E-state index contributed by atoms with van der Waals surface area (Å²) in [5, 5.41) is 9.78. The lowest BCUT2D eigenvalue weighted by Gasteiger charge is -2.54. The van der Waals surface area contributed by atoms with Crippen molar-refractivity contribution in [3.8, 4) is 0 Å². The van der Waals surface area contributed by atoms with E-state index in [9.17, 15) is 4.79 Å². The van der Waals surface area contributed by atoms with E-state index in [1.54, 1.807) is 0 Å². The lowest BCUT2D eigenvalue weighted by molar-refractivity contribution is -0.106. The molecular weight excluding hydrogens is 392 g/mol. The van der Waals surface area contributed by atoms with Crippen molar-refractivity contribution in [2.45, 2.75) is 72.1 Å². The zero-order valence-electron chi connectivity index (χ0n) is 19.7. The number of carbonyl (C=O) groups excluding carboxylic acids is 1. The number of hydrogen-bond acceptors (Lipinski definition) is 4. The quantitative estimate of drug-likeness (QED) is 0.470. The Balaban J connectivity index is 1.51. The summed E-state index contributed by atoms with van der Waals surface area (Å²) >= 11 is 0. The van der Waals surface area contributed by atoms with Gasteiger partial charge in [0.2, 0.25) is 0 Å². The number of nitrogens with one attached hydrogen (secondary N) is 3. The number of carbonyl (C=O) groups is 1. The minimum Gasteiger partial charge on any atom is -0.444 e. The summed E-state index contributed by atoms with van der Waals surface area (Å²) in [7, 11) is 0. The number of anilines is 1. The maximum atomic E-state index is 11.9. The molecule has 2 fully saturated rings. The van der Waals surface area contributed by atoms with Crippen molar-refractivity contribution in [2.24, 2.45) is 16.3 Å². The van der Waals surface area contributed by atoms with Crippen LogP contribution in [0.25, 0.3) is 0 Å². The predicted molar refractivity (Wildman–Crippen MR) is 125 cm³/mol. The maximum Gasteiger partial charge on any atom is 0.412 e. The van der Waals surface area contributed by atoms with Gasteiger partial charge in [-0.3, -0.25) is 10.3 Å². The third-order valence-electron chi connectivity index (χ3n) is 6.01.